The fourth-order valence-corrected chi connectivity index (χ4v) is 2.92. The van der Waals surface area contributed by atoms with Crippen LogP contribution in [0.15, 0.2) is 54.6 Å². The van der Waals surface area contributed by atoms with Crippen LogP contribution >= 0.6 is 0 Å². The molecule has 3 aromatic carbocycles. The number of carbonyl (C=O) groups excluding carboxylic acids is 1. The zero-order valence-corrected chi connectivity index (χ0v) is 13.9. The summed E-state index contributed by atoms with van der Waals surface area (Å²) in [7, 11) is 0. The molecule has 1 unspecified atom stereocenters. The lowest BCUT2D eigenvalue weighted by atomic mass is 9.99. The van der Waals surface area contributed by atoms with Crippen molar-refractivity contribution in [2.45, 2.75) is 13.0 Å². The van der Waals surface area contributed by atoms with Gasteiger partial charge in [-0.15, -0.1) is 0 Å². The number of nitro benzene ring substituents is 1. The number of anilines is 1. The number of carbonyl (C=O) groups is 1. The van der Waals surface area contributed by atoms with Crippen molar-refractivity contribution in [3.05, 3.63) is 81.7 Å². The molecule has 132 valence electrons. The molecule has 7 heteroatoms. The van der Waals surface area contributed by atoms with Crippen LogP contribution in [0.5, 0.6) is 0 Å². The van der Waals surface area contributed by atoms with Crippen molar-refractivity contribution in [3.63, 3.8) is 0 Å². The summed E-state index contributed by atoms with van der Waals surface area (Å²) in [5, 5.41) is 15.7. The zero-order chi connectivity index (χ0) is 18.8. The molecule has 0 aliphatic carbocycles. The lowest BCUT2D eigenvalue weighted by molar-refractivity contribution is -0.384. The van der Waals surface area contributed by atoms with Gasteiger partial charge in [-0.25, -0.2) is 4.39 Å². The number of nitro groups is 1. The molecule has 3 aromatic rings. The van der Waals surface area contributed by atoms with Crippen molar-refractivity contribution in [1.29, 1.82) is 0 Å². The molecule has 1 amide bonds. The van der Waals surface area contributed by atoms with E-state index < -0.39 is 28.4 Å². The van der Waals surface area contributed by atoms with Gasteiger partial charge in [0.1, 0.15) is 11.5 Å². The maximum atomic E-state index is 13.7. The van der Waals surface area contributed by atoms with Gasteiger partial charge in [-0.2, -0.15) is 0 Å². The molecule has 0 aliphatic heterocycles. The van der Waals surface area contributed by atoms with Crippen molar-refractivity contribution in [2.75, 3.05) is 5.73 Å². The van der Waals surface area contributed by atoms with E-state index >= 15 is 0 Å². The largest absolute Gasteiger partial charge is 0.393 e. The van der Waals surface area contributed by atoms with Crippen LogP contribution in [0.3, 0.4) is 0 Å². The van der Waals surface area contributed by atoms with Gasteiger partial charge in [0.2, 0.25) is 0 Å². The van der Waals surface area contributed by atoms with Crippen LogP contribution in [0.4, 0.5) is 15.8 Å². The predicted octanol–water partition coefficient (Wildman–Crippen LogP) is 3.96. The smallest absolute Gasteiger partial charge is 0.295 e. The van der Waals surface area contributed by atoms with Gasteiger partial charge in [-0.1, -0.05) is 42.5 Å². The van der Waals surface area contributed by atoms with Crippen molar-refractivity contribution in [2.24, 2.45) is 0 Å². The topological polar surface area (TPSA) is 98.3 Å². The number of hydrogen-bond donors (Lipinski definition) is 2. The van der Waals surface area contributed by atoms with Crippen LogP contribution in [-0.2, 0) is 0 Å². The third-order valence-corrected chi connectivity index (χ3v) is 4.20. The highest BCUT2D eigenvalue weighted by atomic mass is 19.1. The molecule has 26 heavy (non-hydrogen) atoms. The highest BCUT2D eigenvalue weighted by Gasteiger charge is 2.23. The number of rotatable bonds is 4. The predicted molar refractivity (Wildman–Crippen MR) is 97.3 cm³/mol. The van der Waals surface area contributed by atoms with E-state index in [9.17, 15) is 19.3 Å². The third-order valence-electron chi connectivity index (χ3n) is 4.20. The van der Waals surface area contributed by atoms with Crippen LogP contribution in [-0.4, -0.2) is 10.8 Å². The van der Waals surface area contributed by atoms with E-state index in [0.29, 0.717) is 6.07 Å². The van der Waals surface area contributed by atoms with Gasteiger partial charge in [0.05, 0.1) is 22.6 Å². The van der Waals surface area contributed by atoms with Crippen molar-refractivity contribution >= 4 is 28.1 Å². The minimum Gasteiger partial charge on any atom is -0.393 e. The molecule has 0 bridgehead atoms. The Labute approximate surface area is 148 Å². The molecule has 3 rings (SSSR count). The van der Waals surface area contributed by atoms with Gasteiger partial charge in [-0.3, -0.25) is 14.9 Å². The van der Waals surface area contributed by atoms with E-state index in [1.807, 2.05) is 42.5 Å². The SMILES string of the molecule is CC(NC(=O)c1cc(F)cc([N+](=O)[O-])c1N)c1cccc2ccccc12. The summed E-state index contributed by atoms with van der Waals surface area (Å²) in [4.78, 5) is 22.7. The number of hydrogen-bond acceptors (Lipinski definition) is 4. The Morgan fingerprint density at radius 2 is 1.88 bits per heavy atom. The number of halogens is 1. The minimum absolute atomic E-state index is 0.260. The lowest BCUT2D eigenvalue weighted by Gasteiger charge is -2.17. The van der Waals surface area contributed by atoms with E-state index in [2.05, 4.69) is 5.32 Å². The molecule has 0 aliphatic rings. The van der Waals surface area contributed by atoms with Crippen molar-refractivity contribution in [1.82, 2.24) is 5.32 Å². The maximum Gasteiger partial charge on any atom is 0.295 e. The number of nitrogen functional groups attached to an aromatic ring is 1. The fourth-order valence-electron chi connectivity index (χ4n) is 2.92. The van der Waals surface area contributed by atoms with Crippen LogP contribution in [0.25, 0.3) is 10.8 Å². The average Bonchev–Trinajstić information content (AvgIpc) is 2.62. The van der Waals surface area contributed by atoms with Gasteiger partial charge in [0, 0.05) is 0 Å². The molecule has 0 spiro atoms. The molecule has 0 heterocycles. The van der Waals surface area contributed by atoms with Crippen LogP contribution in [0, 0.1) is 15.9 Å². The second-order valence-electron chi connectivity index (χ2n) is 5.91. The summed E-state index contributed by atoms with van der Waals surface area (Å²) >= 11 is 0. The van der Waals surface area contributed by atoms with Gasteiger partial charge in [0.15, 0.2) is 0 Å². The molecule has 0 aromatic heterocycles. The van der Waals surface area contributed by atoms with E-state index in [-0.39, 0.29) is 11.3 Å². The minimum atomic E-state index is -0.895. The number of nitrogens with one attached hydrogen (secondary N) is 1. The van der Waals surface area contributed by atoms with Gasteiger partial charge in [-0.05, 0) is 29.3 Å². The summed E-state index contributed by atoms with van der Waals surface area (Å²) in [6, 6.07) is 14.6. The number of nitrogens with zero attached hydrogens (tertiary/aromatic N) is 1. The molecule has 0 saturated heterocycles. The summed E-state index contributed by atoms with van der Waals surface area (Å²) in [6.07, 6.45) is 0. The molecule has 1 atom stereocenters. The quantitative estimate of drug-likeness (QED) is 0.421. The molecule has 6 nitrogen and oxygen atoms in total. The van der Waals surface area contributed by atoms with E-state index in [4.69, 9.17) is 5.73 Å². The summed E-state index contributed by atoms with van der Waals surface area (Å²) in [6.45, 7) is 1.78. The third kappa shape index (κ3) is 3.19. The first-order valence-corrected chi connectivity index (χ1v) is 7.90. The van der Waals surface area contributed by atoms with Gasteiger partial charge >= 0.3 is 0 Å². The first kappa shape index (κ1) is 17.3. The molecular formula is C19H16FN3O3. The summed E-state index contributed by atoms with van der Waals surface area (Å²) < 4.78 is 13.7. The Bertz CT molecular complexity index is 1010. The van der Waals surface area contributed by atoms with Crippen molar-refractivity contribution < 1.29 is 14.1 Å². The molecular weight excluding hydrogens is 337 g/mol. The van der Waals surface area contributed by atoms with Gasteiger partial charge < -0.3 is 11.1 Å². The summed E-state index contributed by atoms with van der Waals surface area (Å²) in [5.74, 6) is -1.57. The first-order chi connectivity index (χ1) is 12.4. The Morgan fingerprint density at radius 1 is 1.19 bits per heavy atom. The number of amides is 1. The van der Waals surface area contributed by atoms with Crippen LogP contribution < -0.4 is 11.1 Å². The summed E-state index contributed by atoms with van der Waals surface area (Å²) in [5.41, 5.74) is 5.31. The molecule has 3 N–H and O–H groups in total. The number of fused-ring (bicyclic) bond motifs is 1. The molecule has 0 saturated carbocycles. The Kier molecular flexibility index (Phi) is 4.53. The monoisotopic (exact) mass is 353 g/mol. The molecule has 0 radical (unpaired) electrons. The highest BCUT2D eigenvalue weighted by Crippen LogP contribution is 2.28. The van der Waals surface area contributed by atoms with Gasteiger partial charge in [0.25, 0.3) is 11.6 Å². The average molecular weight is 353 g/mol. The van der Waals surface area contributed by atoms with E-state index in [1.54, 1.807) is 6.92 Å². The Morgan fingerprint density at radius 3 is 2.62 bits per heavy atom. The number of nitrogens with two attached hydrogens (primary N) is 1. The van der Waals surface area contributed by atoms with Crippen molar-refractivity contribution in [3.8, 4) is 0 Å². The Balaban J connectivity index is 1.94. The zero-order valence-electron chi connectivity index (χ0n) is 13.9. The maximum absolute atomic E-state index is 13.7. The Hall–Kier alpha value is -3.48. The first-order valence-electron chi connectivity index (χ1n) is 7.90. The highest BCUT2D eigenvalue weighted by molar-refractivity contribution is 6.01. The second kappa shape index (κ2) is 6.79. The van der Waals surface area contributed by atoms with Crippen LogP contribution in [0.2, 0.25) is 0 Å². The second-order valence-corrected chi connectivity index (χ2v) is 5.91. The lowest BCUT2D eigenvalue weighted by Crippen LogP contribution is -2.28. The number of benzene rings is 3. The molecule has 0 fully saturated rings. The van der Waals surface area contributed by atoms with Crippen LogP contribution in [0.1, 0.15) is 28.9 Å². The van der Waals surface area contributed by atoms with E-state index in [0.717, 1.165) is 22.4 Å². The fraction of sp³-hybridized carbons (Fsp3) is 0.105. The standard InChI is InChI=1S/C19H16FN3O3/c1-11(14-8-4-6-12-5-2-3-7-15(12)14)22-19(24)16-9-13(20)10-17(18(16)21)23(25)26/h2-11H,21H2,1H3,(H,22,24). The van der Waals surface area contributed by atoms with E-state index in [1.165, 1.54) is 0 Å². The normalized spacial score (nSPS) is 11.9.